The summed E-state index contributed by atoms with van der Waals surface area (Å²) in [4.78, 5) is 28.8. The van der Waals surface area contributed by atoms with Crippen LogP contribution in [0.2, 0.25) is 0 Å². The lowest BCUT2D eigenvalue weighted by atomic mass is 10.1. The first-order chi connectivity index (χ1) is 11.8. The minimum Gasteiger partial charge on any atom is -0.451 e. The molecule has 2 aromatic rings. The minimum absolute atomic E-state index is 0.278. The van der Waals surface area contributed by atoms with Crippen LogP contribution in [0.4, 0.5) is 5.69 Å². The number of hydrogen-bond acceptors (Lipinski definition) is 5. The predicted molar refractivity (Wildman–Crippen MR) is 98.1 cm³/mol. The number of nitrogens with one attached hydrogen (secondary N) is 1. The van der Waals surface area contributed by atoms with Crippen molar-refractivity contribution in [2.45, 2.75) is 26.4 Å². The van der Waals surface area contributed by atoms with Crippen LogP contribution < -0.4 is 5.32 Å². The number of carbonyl (C=O) groups is 2. The summed E-state index contributed by atoms with van der Waals surface area (Å²) in [7, 11) is 1.68. The topological polar surface area (TPSA) is 91.8 Å². The van der Waals surface area contributed by atoms with Crippen molar-refractivity contribution in [2.24, 2.45) is 0 Å². The first-order valence-electron chi connectivity index (χ1n) is 7.64. The first kappa shape index (κ1) is 18.6. The number of carbonyl (C=O) groups excluding carboxylic acids is 2. The van der Waals surface area contributed by atoms with Crippen molar-refractivity contribution in [2.75, 3.05) is 12.4 Å². The monoisotopic (exact) mass is 357 g/mol. The van der Waals surface area contributed by atoms with E-state index < -0.39 is 23.1 Å². The molecule has 6 nitrogen and oxygen atoms in total. The van der Waals surface area contributed by atoms with E-state index in [0.717, 1.165) is 10.4 Å². The van der Waals surface area contributed by atoms with Crippen LogP contribution in [-0.2, 0) is 9.53 Å². The number of hydrogen-bond donors (Lipinski definition) is 1. The molecule has 1 N–H and O–H groups in total. The number of anilines is 1. The number of ether oxygens (including phenoxy) is 1. The summed E-state index contributed by atoms with van der Waals surface area (Å²) in [5.41, 5.74) is 9.22. The largest absolute Gasteiger partial charge is 0.451 e. The van der Waals surface area contributed by atoms with E-state index in [4.69, 9.17) is 10.3 Å². The highest BCUT2D eigenvalue weighted by molar-refractivity contribution is 7.19. The van der Waals surface area contributed by atoms with Crippen LogP contribution in [0, 0.1) is 0 Å². The molecule has 0 aliphatic carbocycles. The smallest absolute Gasteiger partial charge is 0.447 e. The van der Waals surface area contributed by atoms with Crippen LogP contribution in [-0.4, -0.2) is 34.9 Å². The maximum absolute atomic E-state index is 12.7. The van der Waals surface area contributed by atoms with Crippen molar-refractivity contribution in [1.29, 1.82) is 0 Å². The Bertz CT molecular complexity index is 844. The summed E-state index contributed by atoms with van der Waals surface area (Å²) in [5, 5.41) is 2.93. The van der Waals surface area contributed by atoms with Gasteiger partial charge >= 0.3 is 11.7 Å². The van der Waals surface area contributed by atoms with E-state index in [9.17, 15) is 9.59 Å². The molecular formula is C18H19N3O3S. The van der Waals surface area contributed by atoms with E-state index >= 15 is 0 Å². The summed E-state index contributed by atoms with van der Waals surface area (Å²) < 4.78 is 5.13. The highest BCUT2D eigenvalue weighted by Gasteiger charge is 2.37. The van der Waals surface area contributed by atoms with Gasteiger partial charge in [0.2, 0.25) is 0 Å². The molecule has 0 atom stereocenters. The molecule has 0 radical (unpaired) electrons. The molecule has 0 amide bonds. The lowest BCUT2D eigenvalue weighted by Gasteiger charge is -2.17. The molecule has 0 unspecified atom stereocenters. The molecule has 0 saturated carbocycles. The standard InChI is InChI=1S/C18H19N3O3S/c1-18(2,3)24-17(23)14(21-19)15(22)16-12(20-4)10-13(25-16)11-8-6-5-7-9-11/h5-10,20H,1-4H3. The van der Waals surface area contributed by atoms with E-state index in [2.05, 4.69) is 10.1 Å². The normalized spacial score (nSPS) is 10.7. The maximum atomic E-state index is 12.7. The van der Waals surface area contributed by atoms with Gasteiger partial charge in [-0.1, -0.05) is 30.3 Å². The third-order valence-electron chi connectivity index (χ3n) is 3.17. The summed E-state index contributed by atoms with van der Waals surface area (Å²) in [6.45, 7) is 5.01. The Balaban J connectivity index is 2.40. The van der Waals surface area contributed by atoms with E-state index in [-0.39, 0.29) is 4.88 Å². The Morgan fingerprint density at radius 2 is 1.84 bits per heavy atom. The molecule has 2 rings (SSSR count). The molecule has 0 fully saturated rings. The highest BCUT2D eigenvalue weighted by Crippen LogP contribution is 2.35. The van der Waals surface area contributed by atoms with Gasteiger partial charge in [0, 0.05) is 11.9 Å². The Labute approximate surface area is 150 Å². The molecule has 25 heavy (non-hydrogen) atoms. The van der Waals surface area contributed by atoms with Crippen molar-refractivity contribution in [3.8, 4) is 10.4 Å². The number of ketones is 1. The average Bonchev–Trinajstić information content (AvgIpc) is 2.99. The molecule has 0 saturated heterocycles. The fraction of sp³-hybridized carbons (Fsp3) is 0.278. The number of Topliss-reactive ketones (excluding diaryl/α,β-unsaturated/α-hetero) is 1. The first-order valence-corrected chi connectivity index (χ1v) is 8.45. The van der Waals surface area contributed by atoms with E-state index in [1.807, 2.05) is 36.4 Å². The van der Waals surface area contributed by atoms with Crippen LogP contribution in [0.25, 0.3) is 16.0 Å². The SMILES string of the molecule is CNc1cc(-c2ccccc2)sc1C(=O)C(=[N+]=[N-])C(=O)OC(C)(C)C. The molecule has 1 aromatic heterocycles. The Morgan fingerprint density at radius 1 is 1.20 bits per heavy atom. The third kappa shape index (κ3) is 4.41. The number of nitrogens with zero attached hydrogens (tertiary/aromatic N) is 2. The molecule has 1 heterocycles. The molecule has 7 heteroatoms. The Hall–Kier alpha value is -2.76. The molecular weight excluding hydrogens is 338 g/mol. The quantitative estimate of drug-likeness (QED) is 0.221. The van der Waals surface area contributed by atoms with Gasteiger partial charge in [-0.2, -0.15) is 4.79 Å². The van der Waals surface area contributed by atoms with Gasteiger partial charge in [0.05, 0.1) is 5.69 Å². The van der Waals surface area contributed by atoms with Gasteiger partial charge in [0.25, 0.3) is 5.78 Å². The Kier molecular flexibility index (Phi) is 5.51. The van der Waals surface area contributed by atoms with Gasteiger partial charge in [-0.15, -0.1) is 11.3 Å². The lowest BCUT2D eigenvalue weighted by molar-refractivity contribution is -0.150. The molecule has 0 aliphatic heterocycles. The van der Waals surface area contributed by atoms with E-state index in [1.165, 1.54) is 11.3 Å². The molecule has 0 bridgehead atoms. The van der Waals surface area contributed by atoms with E-state index in [1.54, 1.807) is 27.8 Å². The molecule has 130 valence electrons. The zero-order valence-corrected chi connectivity index (χ0v) is 15.3. The van der Waals surface area contributed by atoms with Gasteiger partial charge in [0.15, 0.2) is 0 Å². The number of thiophene rings is 1. The zero-order valence-electron chi connectivity index (χ0n) is 14.5. The molecule has 0 spiro atoms. The van der Waals surface area contributed by atoms with Crippen molar-refractivity contribution in [1.82, 2.24) is 0 Å². The summed E-state index contributed by atoms with van der Waals surface area (Å²) >= 11 is 1.21. The van der Waals surface area contributed by atoms with Gasteiger partial charge in [-0.3, -0.25) is 4.79 Å². The maximum Gasteiger partial charge on any atom is 0.447 e. The van der Waals surface area contributed by atoms with Crippen molar-refractivity contribution in [3.05, 3.63) is 46.8 Å². The average molecular weight is 357 g/mol. The second-order valence-electron chi connectivity index (χ2n) is 6.25. The predicted octanol–water partition coefficient (Wildman–Crippen LogP) is 3.65. The summed E-state index contributed by atoms with van der Waals surface area (Å²) in [6.07, 6.45) is 0. The number of benzene rings is 1. The highest BCUT2D eigenvalue weighted by atomic mass is 32.1. The Morgan fingerprint density at radius 3 is 2.36 bits per heavy atom. The zero-order chi connectivity index (χ0) is 18.6. The van der Waals surface area contributed by atoms with Crippen LogP contribution in [0.5, 0.6) is 0 Å². The summed E-state index contributed by atoms with van der Waals surface area (Å²) in [6, 6.07) is 11.4. The van der Waals surface area contributed by atoms with Crippen molar-refractivity contribution in [3.63, 3.8) is 0 Å². The molecule has 1 aromatic carbocycles. The summed E-state index contributed by atoms with van der Waals surface area (Å²) in [5.74, 6) is -1.65. The fourth-order valence-corrected chi connectivity index (χ4v) is 3.21. The van der Waals surface area contributed by atoms with Gasteiger partial charge < -0.3 is 15.6 Å². The van der Waals surface area contributed by atoms with Crippen LogP contribution in [0.3, 0.4) is 0 Å². The molecule has 0 aliphatic rings. The second kappa shape index (κ2) is 7.42. The minimum atomic E-state index is -0.961. The van der Waals surface area contributed by atoms with Crippen LogP contribution >= 0.6 is 11.3 Å². The van der Waals surface area contributed by atoms with Gasteiger partial charge in [-0.25, -0.2) is 4.79 Å². The van der Waals surface area contributed by atoms with Gasteiger partial charge in [-0.05, 0) is 32.4 Å². The lowest BCUT2D eigenvalue weighted by Crippen LogP contribution is -2.33. The van der Waals surface area contributed by atoms with Crippen molar-refractivity contribution < 1.29 is 19.1 Å². The third-order valence-corrected chi connectivity index (χ3v) is 4.36. The van der Waals surface area contributed by atoms with Crippen LogP contribution in [0.1, 0.15) is 30.4 Å². The number of esters is 1. The van der Waals surface area contributed by atoms with Gasteiger partial charge in [0.1, 0.15) is 10.5 Å². The fourth-order valence-electron chi connectivity index (χ4n) is 2.10. The second-order valence-corrected chi connectivity index (χ2v) is 7.30. The number of rotatable bonds is 5. The van der Waals surface area contributed by atoms with E-state index in [0.29, 0.717) is 5.69 Å². The van der Waals surface area contributed by atoms with Crippen LogP contribution in [0.15, 0.2) is 36.4 Å². The van der Waals surface area contributed by atoms with Crippen molar-refractivity contribution >= 4 is 34.5 Å².